The molecular formula is C16H14N2O3. The number of hydrogen-bond acceptors (Lipinski definition) is 4. The highest BCUT2D eigenvalue weighted by Crippen LogP contribution is 2.25. The van der Waals surface area contributed by atoms with E-state index in [1.807, 2.05) is 6.07 Å². The normalized spacial score (nSPS) is 9.57. The van der Waals surface area contributed by atoms with E-state index in [-0.39, 0.29) is 5.91 Å². The third-order valence-electron chi connectivity index (χ3n) is 2.95. The lowest BCUT2D eigenvalue weighted by Crippen LogP contribution is -2.14. The van der Waals surface area contributed by atoms with E-state index in [1.54, 1.807) is 42.5 Å². The fourth-order valence-electron chi connectivity index (χ4n) is 1.87. The van der Waals surface area contributed by atoms with Gasteiger partial charge < -0.3 is 14.8 Å². The number of para-hydroxylation sites is 1. The molecule has 2 rings (SSSR count). The molecule has 0 aliphatic heterocycles. The topological polar surface area (TPSA) is 71.3 Å². The van der Waals surface area contributed by atoms with E-state index in [1.165, 1.54) is 14.2 Å². The van der Waals surface area contributed by atoms with Crippen molar-refractivity contribution in [2.75, 3.05) is 19.5 Å². The van der Waals surface area contributed by atoms with Gasteiger partial charge in [-0.3, -0.25) is 4.79 Å². The Balaban J connectivity index is 2.31. The van der Waals surface area contributed by atoms with E-state index in [2.05, 4.69) is 5.32 Å². The number of nitriles is 1. The minimum atomic E-state index is -0.350. The van der Waals surface area contributed by atoms with Gasteiger partial charge in [0, 0.05) is 6.07 Å². The molecule has 1 N–H and O–H groups in total. The number of methoxy groups -OCH3 is 2. The van der Waals surface area contributed by atoms with Gasteiger partial charge in [0.1, 0.15) is 17.6 Å². The van der Waals surface area contributed by atoms with Gasteiger partial charge in [-0.05, 0) is 24.3 Å². The molecule has 106 valence electrons. The molecule has 5 heteroatoms. The summed E-state index contributed by atoms with van der Waals surface area (Å²) in [5.74, 6) is 0.652. The SMILES string of the molecule is COc1ccc(C(=O)Nc2ccccc2C#N)c(OC)c1. The predicted octanol–water partition coefficient (Wildman–Crippen LogP) is 2.83. The molecule has 0 heterocycles. The number of amides is 1. The Morgan fingerprint density at radius 3 is 2.57 bits per heavy atom. The molecule has 0 spiro atoms. The van der Waals surface area contributed by atoms with Crippen molar-refractivity contribution in [3.8, 4) is 17.6 Å². The molecule has 0 saturated heterocycles. The number of nitrogens with zero attached hydrogens (tertiary/aromatic N) is 1. The van der Waals surface area contributed by atoms with Crippen LogP contribution in [0, 0.1) is 11.3 Å². The first-order valence-corrected chi connectivity index (χ1v) is 6.22. The third kappa shape index (κ3) is 3.12. The van der Waals surface area contributed by atoms with Crippen molar-refractivity contribution in [2.24, 2.45) is 0 Å². The standard InChI is InChI=1S/C16H14N2O3/c1-20-12-7-8-13(15(9-12)21-2)16(19)18-14-6-4-3-5-11(14)10-17/h3-9H,1-2H3,(H,18,19). The van der Waals surface area contributed by atoms with E-state index >= 15 is 0 Å². The van der Waals surface area contributed by atoms with Crippen LogP contribution in [-0.4, -0.2) is 20.1 Å². The highest BCUT2D eigenvalue weighted by molar-refractivity contribution is 6.06. The van der Waals surface area contributed by atoms with Gasteiger partial charge in [-0.1, -0.05) is 12.1 Å². The van der Waals surface area contributed by atoms with Crippen LogP contribution in [0.25, 0.3) is 0 Å². The lowest BCUT2D eigenvalue weighted by molar-refractivity contribution is 0.102. The van der Waals surface area contributed by atoms with Crippen molar-refractivity contribution in [1.82, 2.24) is 0 Å². The summed E-state index contributed by atoms with van der Waals surface area (Å²) in [6.45, 7) is 0. The molecule has 5 nitrogen and oxygen atoms in total. The lowest BCUT2D eigenvalue weighted by Gasteiger charge is -2.11. The van der Waals surface area contributed by atoms with Gasteiger partial charge in [-0.2, -0.15) is 5.26 Å². The van der Waals surface area contributed by atoms with E-state index in [0.717, 1.165) is 0 Å². The molecular weight excluding hydrogens is 268 g/mol. The van der Waals surface area contributed by atoms with Crippen LogP contribution in [0.4, 0.5) is 5.69 Å². The number of nitrogens with one attached hydrogen (secondary N) is 1. The zero-order valence-corrected chi connectivity index (χ0v) is 11.7. The molecule has 1 amide bonds. The van der Waals surface area contributed by atoms with Crippen molar-refractivity contribution in [3.63, 3.8) is 0 Å². The Kier molecular flexibility index (Phi) is 4.42. The van der Waals surface area contributed by atoms with Crippen molar-refractivity contribution in [2.45, 2.75) is 0 Å². The van der Waals surface area contributed by atoms with Crippen molar-refractivity contribution >= 4 is 11.6 Å². The fraction of sp³-hybridized carbons (Fsp3) is 0.125. The summed E-state index contributed by atoms with van der Waals surface area (Å²) < 4.78 is 10.3. The first kappa shape index (κ1) is 14.4. The molecule has 0 aliphatic rings. The molecule has 0 unspecified atom stereocenters. The van der Waals surface area contributed by atoms with E-state index in [4.69, 9.17) is 14.7 Å². The average Bonchev–Trinajstić information content (AvgIpc) is 2.54. The summed E-state index contributed by atoms with van der Waals surface area (Å²) in [5, 5.41) is 11.7. The summed E-state index contributed by atoms with van der Waals surface area (Å²) in [6.07, 6.45) is 0. The van der Waals surface area contributed by atoms with Gasteiger partial charge in [0.2, 0.25) is 0 Å². The Labute approximate surface area is 122 Å². The molecule has 21 heavy (non-hydrogen) atoms. The minimum Gasteiger partial charge on any atom is -0.497 e. The quantitative estimate of drug-likeness (QED) is 0.936. The summed E-state index contributed by atoms with van der Waals surface area (Å²) in [4.78, 5) is 12.3. The van der Waals surface area contributed by atoms with Gasteiger partial charge in [0.25, 0.3) is 5.91 Å². The number of anilines is 1. The third-order valence-corrected chi connectivity index (χ3v) is 2.95. The number of carbonyl (C=O) groups is 1. The molecule has 2 aromatic carbocycles. The fourth-order valence-corrected chi connectivity index (χ4v) is 1.87. The van der Waals surface area contributed by atoms with Crippen LogP contribution in [0.5, 0.6) is 11.5 Å². The van der Waals surface area contributed by atoms with E-state index in [0.29, 0.717) is 28.3 Å². The maximum atomic E-state index is 12.3. The number of hydrogen-bond donors (Lipinski definition) is 1. The summed E-state index contributed by atoms with van der Waals surface area (Å²) in [7, 11) is 3.02. The van der Waals surface area contributed by atoms with Crippen molar-refractivity contribution in [1.29, 1.82) is 5.26 Å². The summed E-state index contributed by atoms with van der Waals surface area (Å²) in [6, 6.07) is 13.8. The highest BCUT2D eigenvalue weighted by atomic mass is 16.5. The van der Waals surface area contributed by atoms with Gasteiger partial charge in [-0.15, -0.1) is 0 Å². The smallest absolute Gasteiger partial charge is 0.259 e. The highest BCUT2D eigenvalue weighted by Gasteiger charge is 2.14. The van der Waals surface area contributed by atoms with E-state index in [9.17, 15) is 4.79 Å². The monoisotopic (exact) mass is 282 g/mol. The van der Waals surface area contributed by atoms with Crippen LogP contribution in [-0.2, 0) is 0 Å². The van der Waals surface area contributed by atoms with Crippen molar-refractivity contribution in [3.05, 3.63) is 53.6 Å². The molecule has 0 atom stereocenters. The minimum absolute atomic E-state index is 0.350. The van der Waals surface area contributed by atoms with Gasteiger partial charge in [0.15, 0.2) is 0 Å². The Morgan fingerprint density at radius 2 is 1.90 bits per heavy atom. The molecule has 0 aromatic heterocycles. The van der Waals surface area contributed by atoms with Crippen LogP contribution in [0.1, 0.15) is 15.9 Å². The number of ether oxygens (including phenoxy) is 2. The number of benzene rings is 2. The second kappa shape index (κ2) is 6.44. The summed E-state index contributed by atoms with van der Waals surface area (Å²) >= 11 is 0. The summed E-state index contributed by atoms with van der Waals surface area (Å²) in [5.41, 5.74) is 1.23. The lowest BCUT2D eigenvalue weighted by atomic mass is 10.1. The average molecular weight is 282 g/mol. The number of carbonyl (C=O) groups excluding carboxylic acids is 1. The van der Waals surface area contributed by atoms with Gasteiger partial charge in [-0.25, -0.2) is 0 Å². The maximum absolute atomic E-state index is 12.3. The van der Waals surface area contributed by atoms with Crippen LogP contribution in [0.15, 0.2) is 42.5 Å². The number of rotatable bonds is 4. The second-order valence-electron chi connectivity index (χ2n) is 4.18. The van der Waals surface area contributed by atoms with Gasteiger partial charge in [0.05, 0.1) is 31.0 Å². The second-order valence-corrected chi connectivity index (χ2v) is 4.18. The largest absolute Gasteiger partial charge is 0.497 e. The van der Waals surface area contributed by atoms with Crippen LogP contribution >= 0.6 is 0 Å². The van der Waals surface area contributed by atoms with Crippen molar-refractivity contribution < 1.29 is 14.3 Å². The van der Waals surface area contributed by atoms with Crippen LogP contribution < -0.4 is 14.8 Å². The first-order valence-electron chi connectivity index (χ1n) is 6.22. The maximum Gasteiger partial charge on any atom is 0.259 e. The zero-order chi connectivity index (χ0) is 15.2. The van der Waals surface area contributed by atoms with Crippen LogP contribution in [0.3, 0.4) is 0 Å². The van der Waals surface area contributed by atoms with Gasteiger partial charge >= 0.3 is 0 Å². The van der Waals surface area contributed by atoms with E-state index < -0.39 is 0 Å². The molecule has 0 saturated carbocycles. The first-order chi connectivity index (χ1) is 10.2. The van der Waals surface area contributed by atoms with Crippen LogP contribution in [0.2, 0.25) is 0 Å². The zero-order valence-electron chi connectivity index (χ0n) is 11.7. The molecule has 0 fully saturated rings. The molecule has 0 aliphatic carbocycles. The Morgan fingerprint density at radius 1 is 1.14 bits per heavy atom. The molecule has 2 aromatic rings. The molecule has 0 bridgehead atoms. The Bertz CT molecular complexity index is 705. The predicted molar refractivity (Wildman–Crippen MR) is 78.7 cm³/mol. The molecule has 0 radical (unpaired) electrons. The Hall–Kier alpha value is -3.00.